The molecule has 0 unspecified atom stereocenters. The predicted molar refractivity (Wildman–Crippen MR) is 88.9 cm³/mol. The Bertz CT molecular complexity index is 625. The summed E-state index contributed by atoms with van der Waals surface area (Å²) in [7, 11) is 0. The van der Waals surface area contributed by atoms with Crippen molar-refractivity contribution < 1.29 is 4.79 Å². The third kappa shape index (κ3) is 3.36. The van der Waals surface area contributed by atoms with Gasteiger partial charge in [-0.3, -0.25) is 4.79 Å². The van der Waals surface area contributed by atoms with E-state index in [9.17, 15) is 4.79 Å². The number of thiophene rings is 2. The Balaban J connectivity index is 1.49. The summed E-state index contributed by atoms with van der Waals surface area (Å²) >= 11 is 3.61. The van der Waals surface area contributed by atoms with Gasteiger partial charge >= 0.3 is 0 Å². The summed E-state index contributed by atoms with van der Waals surface area (Å²) in [4.78, 5) is 18.3. The van der Waals surface area contributed by atoms with Crippen LogP contribution in [0.3, 0.4) is 0 Å². The molecule has 0 saturated heterocycles. The van der Waals surface area contributed by atoms with Crippen LogP contribution in [0.2, 0.25) is 0 Å². The molecule has 0 spiro atoms. The summed E-state index contributed by atoms with van der Waals surface area (Å²) < 4.78 is 0. The number of aryl methyl sites for hydroxylation is 2. The lowest BCUT2D eigenvalue weighted by Gasteiger charge is -2.27. The molecule has 1 aliphatic rings. The van der Waals surface area contributed by atoms with Gasteiger partial charge in [0.1, 0.15) is 0 Å². The molecular weight excluding hydrogens is 300 g/mol. The van der Waals surface area contributed by atoms with Crippen LogP contribution >= 0.6 is 22.7 Å². The van der Waals surface area contributed by atoms with E-state index in [0.29, 0.717) is 6.54 Å². The fourth-order valence-corrected chi connectivity index (χ4v) is 4.52. The van der Waals surface area contributed by atoms with Gasteiger partial charge in [0.2, 0.25) is 5.91 Å². The average Bonchev–Trinajstić information content (AvgIpc) is 3.05. The minimum absolute atomic E-state index is 0.205. The zero-order valence-electron chi connectivity index (χ0n) is 12.4. The minimum atomic E-state index is 0.205. The van der Waals surface area contributed by atoms with Gasteiger partial charge < -0.3 is 10.2 Å². The number of hydrogen-bond donors (Lipinski definition) is 1. The van der Waals surface area contributed by atoms with Crippen molar-refractivity contribution in [1.29, 1.82) is 0 Å². The first-order valence-electron chi connectivity index (χ1n) is 7.23. The monoisotopic (exact) mass is 320 g/mol. The molecular formula is C16H20N2OS2. The van der Waals surface area contributed by atoms with Crippen LogP contribution in [0.15, 0.2) is 17.5 Å². The molecule has 5 heteroatoms. The highest BCUT2D eigenvalue weighted by molar-refractivity contribution is 7.12. The van der Waals surface area contributed by atoms with Crippen LogP contribution < -0.4 is 5.32 Å². The highest BCUT2D eigenvalue weighted by atomic mass is 32.1. The molecule has 1 aliphatic heterocycles. The lowest BCUT2D eigenvalue weighted by molar-refractivity contribution is -0.131. The summed E-state index contributed by atoms with van der Waals surface area (Å²) in [6, 6.07) is 4.35. The van der Waals surface area contributed by atoms with Crippen LogP contribution in [-0.2, 0) is 24.3 Å². The molecule has 2 aromatic rings. The first-order chi connectivity index (χ1) is 10.1. The summed E-state index contributed by atoms with van der Waals surface area (Å²) in [5.41, 5.74) is 2.66. The highest BCUT2D eigenvalue weighted by Crippen LogP contribution is 2.24. The Kier molecular flexibility index (Phi) is 4.42. The predicted octanol–water partition coefficient (Wildman–Crippen LogP) is 3.10. The van der Waals surface area contributed by atoms with Crippen molar-refractivity contribution in [3.63, 3.8) is 0 Å². The summed E-state index contributed by atoms with van der Waals surface area (Å²) in [6.07, 6.45) is 1.00. The van der Waals surface area contributed by atoms with E-state index >= 15 is 0 Å². The normalized spacial score (nSPS) is 14.3. The summed E-state index contributed by atoms with van der Waals surface area (Å²) in [5.74, 6) is 0.205. The smallest absolute Gasteiger partial charge is 0.236 e. The van der Waals surface area contributed by atoms with Crippen LogP contribution in [0.5, 0.6) is 0 Å². The van der Waals surface area contributed by atoms with Gasteiger partial charge in [-0.15, -0.1) is 22.7 Å². The molecule has 0 aliphatic carbocycles. The molecule has 0 fully saturated rings. The maximum atomic E-state index is 12.3. The molecule has 112 valence electrons. The molecule has 3 rings (SSSR count). The molecule has 0 aromatic carbocycles. The standard InChI is InChI=1S/C16H20N2OS2/c1-11-7-14(21-12(11)2)8-17-9-16(19)18-5-3-15-13(10-18)4-6-20-15/h4,6-7,17H,3,5,8-10H2,1-2H3. The molecule has 0 atom stereocenters. The van der Waals surface area contributed by atoms with E-state index in [1.54, 1.807) is 11.3 Å². The molecule has 2 aromatic heterocycles. The van der Waals surface area contributed by atoms with Gasteiger partial charge in [-0.1, -0.05) is 0 Å². The number of carbonyl (C=O) groups excluding carboxylic acids is 1. The molecule has 0 saturated carbocycles. The van der Waals surface area contributed by atoms with E-state index < -0.39 is 0 Å². The number of fused-ring (bicyclic) bond motifs is 1. The maximum Gasteiger partial charge on any atom is 0.236 e. The lowest BCUT2D eigenvalue weighted by atomic mass is 10.1. The van der Waals surface area contributed by atoms with Crippen molar-refractivity contribution in [2.45, 2.75) is 33.4 Å². The van der Waals surface area contributed by atoms with E-state index in [2.05, 4.69) is 36.7 Å². The van der Waals surface area contributed by atoms with Crippen molar-refractivity contribution in [3.05, 3.63) is 43.3 Å². The number of nitrogens with zero attached hydrogens (tertiary/aromatic N) is 1. The van der Waals surface area contributed by atoms with Gasteiger partial charge in [-0.2, -0.15) is 0 Å². The third-order valence-corrected chi connectivity index (χ3v) is 6.13. The fraction of sp³-hybridized carbons (Fsp3) is 0.438. The number of hydrogen-bond acceptors (Lipinski definition) is 4. The SMILES string of the molecule is Cc1cc(CNCC(=O)N2CCc3sccc3C2)sc1C. The summed E-state index contributed by atoms with van der Waals surface area (Å²) in [5, 5.41) is 5.40. The van der Waals surface area contributed by atoms with Crippen LogP contribution in [0.1, 0.15) is 25.8 Å². The maximum absolute atomic E-state index is 12.3. The Labute approximate surface area is 133 Å². The Morgan fingerprint density at radius 1 is 1.43 bits per heavy atom. The van der Waals surface area contributed by atoms with Gasteiger partial charge in [-0.25, -0.2) is 0 Å². The number of nitrogens with one attached hydrogen (secondary N) is 1. The second-order valence-corrected chi connectivity index (χ2v) is 7.83. The summed E-state index contributed by atoms with van der Waals surface area (Å²) in [6.45, 7) is 7.10. The van der Waals surface area contributed by atoms with Crippen molar-refractivity contribution >= 4 is 28.6 Å². The Hall–Kier alpha value is -1.17. The van der Waals surface area contributed by atoms with Gasteiger partial charge in [-0.05, 0) is 48.9 Å². The largest absolute Gasteiger partial charge is 0.337 e. The average molecular weight is 320 g/mol. The van der Waals surface area contributed by atoms with E-state index in [1.165, 1.54) is 25.8 Å². The van der Waals surface area contributed by atoms with E-state index in [4.69, 9.17) is 0 Å². The van der Waals surface area contributed by atoms with Crippen molar-refractivity contribution in [2.24, 2.45) is 0 Å². The molecule has 3 nitrogen and oxygen atoms in total. The molecule has 21 heavy (non-hydrogen) atoms. The van der Waals surface area contributed by atoms with Gasteiger partial charge in [0.05, 0.1) is 6.54 Å². The van der Waals surface area contributed by atoms with Gasteiger partial charge in [0, 0.05) is 34.3 Å². The topological polar surface area (TPSA) is 32.3 Å². The molecule has 1 amide bonds. The molecule has 0 bridgehead atoms. The van der Waals surface area contributed by atoms with Crippen LogP contribution in [0.25, 0.3) is 0 Å². The van der Waals surface area contributed by atoms with Gasteiger partial charge in [0.25, 0.3) is 0 Å². The number of carbonyl (C=O) groups is 1. The Morgan fingerprint density at radius 3 is 3.05 bits per heavy atom. The molecule has 1 N–H and O–H groups in total. The third-order valence-electron chi connectivity index (χ3n) is 3.95. The minimum Gasteiger partial charge on any atom is -0.337 e. The second kappa shape index (κ2) is 6.30. The van der Waals surface area contributed by atoms with Crippen molar-refractivity contribution in [1.82, 2.24) is 10.2 Å². The van der Waals surface area contributed by atoms with Crippen LogP contribution in [-0.4, -0.2) is 23.9 Å². The molecule has 3 heterocycles. The van der Waals surface area contributed by atoms with Crippen LogP contribution in [0, 0.1) is 13.8 Å². The second-order valence-electron chi connectivity index (χ2n) is 5.49. The Morgan fingerprint density at radius 2 is 2.29 bits per heavy atom. The lowest BCUT2D eigenvalue weighted by Crippen LogP contribution is -2.40. The zero-order chi connectivity index (χ0) is 14.8. The van der Waals surface area contributed by atoms with E-state index in [1.807, 2.05) is 16.2 Å². The van der Waals surface area contributed by atoms with Crippen molar-refractivity contribution in [3.8, 4) is 0 Å². The fourth-order valence-electron chi connectivity index (χ4n) is 2.60. The zero-order valence-corrected chi connectivity index (χ0v) is 14.1. The quantitative estimate of drug-likeness (QED) is 0.939. The van der Waals surface area contributed by atoms with E-state index in [0.717, 1.165) is 26.1 Å². The first kappa shape index (κ1) is 14.8. The van der Waals surface area contributed by atoms with Crippen molar-refractivity contribution in [2.75, 3.05) is 13.1 Å². The number of rotatable bonds is 4. The first-order valence-corrected chi connectivity index (χ1v) is 8.93. The van der Waals surface area contributed by atoms with Crippen LogP contribution in [0.4, 0.5) is 0 Å². The highest BCUT2D eigenvalue weighted by Gasteiger charge is 2.20. The molecule has 0 radical (unpaired) electrons. The van der Waals surface area contributed by atoms with E-state index in [-0.39, 0.29) is 5.91 Å². The number of amides is 1. The van der Waals surface area contributed by atoms with Gasteiger partial charge in [0.15, 0.2) is 0 Å².